The molecule has 0 N–H and O–H groups in total. The standard InChI is InChI=1S/C7H12N4O2.C2H6/c1-6-8-9-10-11(6)4-3-7(12)5-13-2;1-2/h3-5H2,1-2H3;1-2H3. The Balaban J connectivity index is 0.000000921. The van der Waals surface area contributed by atoms with E-state index in [2.05, 4.69) is 15.5 Å². The smallest absolute Gasteiger partial charge is 0.160 e. The van der Waals surface area contributed by atoms with E-state index in [0.29, 0.717) is 18.8 Å². The first-order valence-corrected chi connectivity index (χ1v) is 4.97. The molecular weight excluding hydrogens is 196 g/mol. The number of tetrazole rings is 1. The zero-order chi connectivity index (χ0) is 11.7. The number of nitrogens with zero attached hydrogens (tertiary/aromatic N) is 4. The molecule has 0 spiro atoms. The molecule has 0 amide bonds. The number of ether oxygens (including phenoxy) is 1. The molecule has 0 bridgehead atoms. The molecular formula is C9H18N4O2. The van der Waals surface area contributed by atoms with E-state index in [-0.39, 0.29) is 12.4 Å². The maximum absolute atomic E-state index is 11.0. The summed E-state index contributed by atoms with van der Waals surface area (Å²) in [6, 6.07) is 0. The van der Waals surface area contributed by atoms with E-state index in [1.54, 1.807) is 11.6 Å². The van der Waals surface area contributed by atoms with E-state index in [0.717, 1.165) is 0 Å². The fourth-order valence-electron chi connectivity index (χ4n) is 0.920. The number of carbonyl (C=O) groups excluding carboxylic acids is 1. The fraction of sp³-hybridized carbons (Fsp3) is 0.778. The first-order chi connectivity index (χ1) is 7.24. The van der Waals surface area contributed by atoms with E-state index >= 15 is 0 Å². The van der Waals surface area contributed by atoms with Crippen LogP contribution in [0.3, 0.4) is 0 Å². The van der Waals surface area contributed by atoms with Gasteiger partial charge in [0, 0.05) is 13.5 Å². The summed E-state index contributed by atoms with van der Waals surface area (Å²) in [5.74, 6) is 0.766. The van der Waals surface area contributed by atoms with Gasteiger partial charge in [-0.15, -0.1) is 5.10 Å². The largest absolute Gasteiger partial charge is 0.377 e. The van der Waals surface area contributed by atoms with Crippen LogP contribution in [0.4, 0.5) is 0 Å². The summed E-state index contributed by atoms with van der Waals surface area (Å²) in [4.78, 5) is 11.0. The van der Waals surface area contributed by atoms with Crippen LogP contribution in [0, 0.1) is 6.92 Å². The number of hydrogen-bond donors (Lipinski definition) is 0. The monoisotopic (exact) mass is 214 g/mol. The third kappa shape index (κ3) is 5.21. The van der Waals surface area contributed by atoms with Crippen LogP contribution in [0.5, 0.6) is 0 Å². The lowest BCUT2D eigenvalue weighted by Gasteiger charge is -2.00. The van der Waals surface area contributed by atoms with Crippen molar-refractivity contribution in [3.8, 4) is 0 Å². The van der Waals surface area contributed by atoms with E-state index in [9.17, 15) is 4.79 Å². The van der Waals surface area contributed by atoms with Crippen LogP contribution >= 0.6 is 0 Å². The Hall–Kier alpha value is -1.30. The Morgan fingerprint density at radius 1 is 1.47 bits per heavy atom. The van der Waals surface area contributed by atoms with Gasteiger partial charge in [-0.25, -0.2) is 4.68 Å². The van der Waals surface area contributed by atoms with Gasteiger partial charge in [-0.3, -0.25) is 4.79 Å². The van der Waals surface area contributed by atoms with Crippen LogP contribution < -0.4 is 0 Å². The quantitative estimate of drug-likeness (QED) is 0.718. The SMILES string of the molecule is CC.COCC(=O)CCn1nnnc1C. The number of hydrogen-bond acceptors (Lipinski definition) is 5. The van der Waals surface area contributed by atoms with Gasteiger partial charge in [0.05, 0.1) is 6.54 Å². The molecule has 0 saturated carbocycles. The minimum absolute atomic E-state index is 0.0531. The van der Waals surface area contributed by atoms with Crippen molar-refractivity contribution in [2.75, 3.05) is 13.7 Å². The molecule has 0 aliphatic rings. The number of aryl methyl sites for hydroxylation is 2. The molecule has 1 aromatic heterocycles. The second kappa shape index (κ2) is 8.05. The number of rotatable bonds is 5. The number of aromatic nitrogens is 4. The Morgan fingerprint density at radius 3 is 2.60 bits per heavy atom. The molecule has 86 valence electrons. The lowest BCUT2D eigenvalue weighted by Crippen LogP contribution is -2.12. The molecule has 0 radical (unpaired) electrons. The van der Waals surface area contributed by atoms with E-state index in [1.165, 1.54) is 7.11 Å². The van der Waals surface area contributed by atoms with Crippen molar-refractivity contribution in [2.45, 2.75) is 33.7 Å². The minimum Gasteiger partial charge on any atom is -0.377 e. The lowest BCUT2D eigenvalue weighted by atomic mass is 10.3. The first-order valence-electron chi connectivity index (χ1n) is 4.97. The maximum atomic E-state index is 11.0. The van der Waals surface area contributed by atoms with Gasteiger partial charge in [0.2, 0.25) is 0 Å². The molecule has 6 nitrogen and oxygen atoms in total. The molecule has 0 aliphatic heterocycles. The van der Waals surface area contributed by atoms with Gasteiger partial charge in [-0.05, 0) is 17.4 Å². The molecule has 0 aliphatic carbocycles. The van der Waals surface area contributed by atoms with Crippen molar-refractivity contribution in [3.05, 3.63) is 5.82 Å². The van der Waals surface area contributed by atoms with Crippen molar-refractivity contribution >= 4 is 5.78 Å². The normalized spacial score (nSPS) is 9.33. The summed E-state index contributed by atoms with van der Waals surface area (Å²) >= 11 is 0. The van der Waals surface area contributed by atoms with Crippen LogP contribution in [-0.2, 0) is 16.1 Å². The van der Waals surface area contributed by atoms with Crippen molar-refractivity contribution in [3.63, 3.8) is 0 Å². The van der Waals surface area contributed by atoms with Crippen molar-refractivity contribution in [1.29, 1.82) is 0 Å². The highest BCUT2D eigenvalue weighted by molar-refractivity contribution is 5.79. The lowest BCUT2D eigenvalue weighted by molar-refractivity contribution is -0.122. The predicted octanol–water partition coefficient (Wildman–Crippen LogP) is 0.613. The molecule has 6 heteroatoms. The van der Waals surface area contributed by atoms with E-state index < -0.39 is 0 Å². The molecule has 1 aromatic rings. The van der Waals surface area contributed by atoms with E-state index in [4.69, 9.17) is 4.74 Å². The van der Waals surface area contributed by atoms with Crippen molar-refractivity contribution < 1.29 is 9.53 Å². The van der Waals surface area contributed by atoms with E-state index in [1.807, 2.05) is 13.8 Å². The highest BCUT2D eigenvalue weighted by Gasteiger charge is 2.04. The Morgan fingerprint density at radius 2 is 2.13 bits per heavy atom. The average Bonchev–Trinajstić information content (AvgIpc) is 2.65. The van der Waals surface area contributed by atoms with Crippen LogP contribution in [0.1, 0.15) is 26.1 Å². The minimum atomic E-state index is 0.0531. The molecule has 1 heterocycles. The zero-order valence-electron chi connectivity index (χ0n) is 9.73. The molecule has 0 aromatic carbocycles. The number of methoxy groups -OCH3 is 1. The molecule has 0 unspecified atom stereocenters. The van der Waals surface area contributed by atoms with Crippen LogP contribution in [0.2, 0.25) is 0 Å². The van der Waals surface area contributed by atoms with Gasteiger partial charge in [0.25, 0.3) is 0 Å². The number of Topliss-reactive ketones (excluding diaryl/α,β-unsaturated/α-hetero) is 1. The number of ketones is 1. The first kappa shape index (κ1) is 13.7. The van der Waals surface area contributed by atoms with Crippen molar-refractivity contribution in [2.24, 2.45) is 0 Å². The van der Waals surface area contributed by atoms with Crippen LogP contribution in [0.15, 0.2) is 0 Å². The van der Waals surface area contributed by atoms with Gasteiger partial charge in [0.1, 0.15) is 12.4 Å². The summed E-state index contributed by atoms with van der Waals surface area (Å²) in [7, 11) is 1.50. The van der Waals surface area contributed by atoms with Gasteiger partial charge < -0.3 is 4.74 Å². The number of carbonyl (C=O) groups is 1. The molecule has 0 atom stereocenters. The second-order valence-corrected chi connectivity index (χ2v) is 2.67. The van der Waals surface area contributed by atoms with Crippen molar-refractivity contribution in [1.82, 2.24) is 20.2 Å². The Kier molecular flexibility index (Phi) is 7.35. The summed E-state index contributed by atoms with van der Waals surface area (Å²) in [6.45, 7) is 6.46. The van der Waals surface area contributed by atoms with Crippen LogP contribution in [0.25, 0.3) is 0 Å². The summed E-state index contributed by atoms with van der Waals surface area (Å²) < 4.78 is 6.28. The maximum Gasteiger partial charge on any atom is 0.160 e. The average molecular weight is 214 g/mol. The second-order valence-electron chi connectivity index (χ2n) is 2.67. The predicted molar refractivity (Wildman–Crippen MR) is 55.4 cm³/mol. The Bertz CT molecular complexity index is 285. The summed E-state index contributed by atoms with van der Waals surface area (Å²) in [5.41, 5.74) is 0. The van der Waals surface area contributed by atoms with Gasteiger partial charge in [-0.1, -0.05) is 13.8 Å². The fourth-order valence-corrected chi connectivity index (χ4v) is 0.920. The molecule has 0 saturated heterocycles. The third-order valence-electron chi connectivity index (χ3n) is 1.62. The van der Waals surface area contributed by atoms with Gasteiger partial charge in [0.15, 0.2) is 5.78 Å². The Labute approximate surface area is 89.6 Å². The van der Waals surface area contributed by atoms with Crippen LogP contribution in [-0.4, -0.2) is 39.7 Å². The summed E-state index contributed by atoms with van der Waals surface area (Å²) in [5, 5.41) is 10.9. The molecule has 1 rings (SSSR count). The highest BCUT2D eigenvalue weighted by atomic mass is 16.5. The summed E-state index contributed by atoms with van der Waals surface area (Å²) in [6.07, 6.45) is 0.402. The molecule has 15 heavy (non-hydrogen) atoms. The topological polar surface area (TPSA) is 69.9 Å². The van der Waals surface area contributed by atoms with Gasteiger partial charge >= 0.3 is 0 Å². The molecule has 0 fully saturated rings. The zero-order valence-corrected chi connectivity index (χ0v) is 9.73. The highest BCUT2D eigenvalue weighted by Crippen LogP contribution is 1.93. The third-order valence-corrected chi connectivity index (χ3v) is 1.62. The van der Waals surface area contributed by atoms with Gasteiger partial charge in [-0.2, -0.15) is 0 Å².